The molecule has 0 aromatic heterocycles. The van der Waals surface area contributed by atoms with Crippen molar-refractivity contribution in [2.75, 3.05) is 23.7 Å². The Kier molecular flexibility index (Phi) is 8.47. The molecule has 6 nitrogen and oxygen atoms in total. The standard InChI is InChI=1S/C25H26Cl2N2O4S/c1-17-5-4-6-24(18(17)2)33-12-11-28-25(30)20-9-7-19(8-10-20)16-29(34(3,31)32)23-14-21(26)13-22(27)15-23/h4-10,13-15H,11-12,16H2,1-3H3,(H,28,30). The van der Waals surface area contributed by atoms with Crippen LogP contribution in [0, 0.1) is 13.8 Å². The molecule has 0 saturated heterocycles. The summed E-state index contributed by atoms with van der Waals surface area (Å²) in [5, 5.41) is 3.50. The molecule has 0 saturated carbocycles. The number of nitrogens with one attached hydrogen (secondary N) is 1. The molecule has 0 aliphatic heterocycles. The fourth-order valence-electron chi connectivity index (χ4n) is 3.32. The average molecular weight is 521 g/mol. The molecule has 34 heavy (non-hydrogen) atoms. The van der Waals surface area contributed by atoms with Crippen molar-refractivity contribution in [2.24, 2.45) is 0 Å². The number of aryl methyl sites for hydroxylation is 1. The van der Waals surface area contributed by atoms with E-state index >= 15 is 0 Å². The third-order valence-electron chi connectivity index (χ3n) is 5.28. The van der Waals surface area contributed by atoms with E-state index in [1.165, 1.54) is 22.5 Å². The average Bonchev–Trinajstić information content (AvgIpc) is 2.76. The highest BCUT2D eigenvalue weighted by Gasteiger charge is 2.19. The second kappa shape index (κ2) is 11.1. The molecule has 1 amide bonds. The molecule has 0 fully saturated rings. The molecular weight excluding hydrogens is 495 g/mol. The topological polar surface area (TPSA) is 75.7 Å². The SMILES string of the molecule is Cc1cccc(OCCNC(=O)c2ccc(CN(c3cc(Cl)cc(Cl)c3)S(C)(=O)=O)cc2)c1C. The minimum atomic E-state index is -3.60. The number of ether oxygens (including phenoxy) is 1. The number of sulfonamides is 1. The maximum Gasteiger partial charge on any atom is 0.251 e. The molecule has 0 aliphatic rings. The van der Waals surface area contributed by atoms with Crippen molar-refractivity contribution < 1.29 is 17.9 Å². The fourth-order valence-corrected chi connectivity index (χ4v) is 4.71. The molecule has 0 atom stereocenters. The summed E-state index contributed by atoms with van der Waals surface area (Å²) in [6.45, 7) is 4.79. The van der Waals surface area contributed by atoms with Gasteiger partial charge in [0.2, 0.25) is 10.0 Å². The molecule has 3 aromatic rings. The Balaban J connectivity index is 1.60. The number of benzene rings is 3. The summed E-state index contributed by atoms with van der Waals surface area (Å²) in [4.78, 5) is 12.5. The summed E-state index contributed by atoms with van der Waals surface area (Å²) in [5.41, 5.74) is 3.76. The van der Waals surface area contributed by atoms with Crippen LogP contribution < -0.4 is 14.4 Å². The first-order valence-corrected chi connectivity index (χ1v) is 13.1. The first kappa shape index (κ1) is 25.9. The van der Waals surface area contributed by atoms with Crippen LogP contribution >= 0.6 is 23.2 Å². The van der Waals surface area contributed by atoms with Gasteiger partial charge in [-0.1, -0.05) is 47.5 Å². The maximum atomic E-state index is 12.5. The van der Waals surface area contributed by atoms with Gasteiger partial charge in [-0.25, -0.2) is 8.42 Å². The zero-order valence-electron chi connectivity index (χ0n) is 19.1. The molecule has 180 valence electrons. The van der Waals surface area contributed by atoms with Gasteiger partial charge >= 0.3 is 0 Å². The molecule has 1 N–H and O–H groups in total. The molecule has 0 unspecified atom stereocenters. The Morgan fingerprint density at radius 1 is 1.00 bits per heavy atom. The summed E-state index contributed by atoms with van der Waals surface area (Å²) in [6, 6.07) is 17.2. The van der Waals surface area contributed by atoms with Gasteiger partial charge in [0, 0.05) is 15.6 Å². The smallest absolute Gasteiger partial charge is 0.251 e. The minimum Gasteiger partial charge on any atom is -0.491 e. The van der Waals surface area contributed by atoms with Crippen LogP contribution in [0.25, 0.3) is 0 Å². The number of amides is 1. The van der Waals surface area contributed by atoms with E-state index in [1.54, 1.807) is 24.3 Å². The highest BCUT2D eigenvalue weighted by atomic mass is 35.5. The highest BCUT2D eigenvalue weighted by molar-refractivity contribution is 7.92. The lowest BCUT2D eigenvalue weighted by Crippen LogP contribution is -2.29. The van der Waals surface area contributed by atoms with Gasteiger partial charge < -0.3 is 10.1 Å². The number of rotatable bonds is 9. The molecule has 0 bridgehead atoms. The van der Waals surface area contributed by atoms with Crippen LogP contribution in [0.5, 0.6) is 5.75 Å². The van der Waals surface area contributed by atoms with E-state index in [-0.39, 0.29) is 12.5 Å². The molecule has 0 radical (unpaired) electrons. The number of carbonyl (C=O) groups is 1. The van der Waals surface area contributed by atoms with Gasteiger partial charge in [-0.05, 0) is 66.9 Å². The van der Waals surface area contributed by atoms with E-state index in [9.17, 15) is 13.2 Å². The lowest BCUT2D eigenvalue weighted by atomic mass is 10.1. The summed E-state index contributed by atoms with van der Waals surface area (Å²) >= 11 is 12.1. The Bertz CT molecular complexity index is 1260. The normalized spacial score (nSPS) is 11.2. The second-order valence-corrected chi connectivity index (χ2v) is 10.7. The first-order valence-electron chi connectivity index (χ1n) is 10.5. The molecule has 0 heterocycles. The fraction of sp³-hybridized carbons (Fsp3) is 0.240. The molecule has 3 aromatic carbocycles. The first-order chi connectivity index (χ1) is 16.0. The van der Waals surface area contributed by atoms with Crippen LogP contribution in [0.2, 0.25) is 10.0 Å². The van der Waals surface area contributed by atoms with E-state index < -0.39 is 10.0 Å². The van der Waals surface area contributed by atoms with E-state index in [4.69, 9.17) is 27.9 Å². The summed E-state index contributed by atoms with van der Waals surface area (Å²) in [6.07, 6.45) is 1.12. The lowest BCUT2D eigenvalue weighted by molar-refractivity contribution is 0.0947. The highest BCUT2D eigenvalue weighted by Crippen LogP contribution is 2.28. The van der Waals surface area contributed by atoms with Gasteiger partial charge in [-0.15, -0.1) is 0 Å². The van der Waals surface area contributed by atoms with Crippen molar-refractivity contribution in [3.63, 3.8) is 0 Å². The Morgan fingerprint density at radius 3 is 2.26 bits per heavy atom. The van der Waals surface area contributed by atoms with Gasteiger partial charge in [0.15, 0.2) is 0 Å². The molecule has 0 spiro atoms. The van der Waals surface area contributed by atoms with Crippen LogP contribution in [0.3, 0.4) is 0 Å². The number of carbonyl (C=O) groups excluding carboxylic acids is 1. The number of hydrogen-bond acceptors (Lipinski definition) is 4. The number of hydrogen-bond donors (Lipinski definition) is 1. The van der Waals surface area contributed by atoms with E-state index in [2.05, 4.69) is 5.32 Å². The zero-order valence-corrected chi connectivity index (χ0v) is 21.5. The Morgan fingerprint density at radius 2 is 1.65 bits per heavy atom. The van der Waals surface area contributed by atoms with E-state index in [0.717, 1.165) is 23.1 Å². The van der Waals surface area contributed by atoms with Crippen molar-refractivity contribution in [1.82, 2.24) is 5.32 Å². The van der Waals surface area contributed by atoms with Crippen molar-refractivity contribution in [3.05, 3.63) is 93.0 Å². The molecule has 3 rings (SSSR count). The molecular formula is C25H26Cl2N2O4S. The van der Waals surface area contributed by atoms with Crippen molar-refractivity contribution in [3.8, 4) is 5.75 Å². The third kappa shape index (κ3) is 6.88. The third-order valence-corrected chi connectivity index (χ3v) is 6.86. The van der Waals surface area contributed by atoms with Gasteiger partial charge in [-0.2, -0.15) is 0 Å². The van der Waals surface area contributed by atoms with Crippen LogP contribution in [-0.4, -0.2) is 33.7 Å². The van der Waals surface area contributed by atoms with Gasteiger partial charge in [0.05, 0.1) is 25.0 Å². The maximum absolute atomic E-state index is 12.5. The number of nitrogens with zero attached hydrogens (tertiary/aromatic N) is 1. The summed E-state index contributed by atoms with van der Waals surface area (Å²) in [5.74, 6) is 0.563. The van der Waals surface area contributed by atoms with E-state index in [0.29, 0.717) is 40.0 Å². The van der Waals surface area contributed by atoms with Crippen LogP contribution in [0.1, 0.15) is 27.0 Å². The Labute approximate surface area is 210 Å². The zero-order chi connectivity index (χ0) is 24.9. The van der Waals surface area contributed by atoms with Gasteiger partial charge in [0.25, 0.3) is 5.91 Å². The quantitative estimate of drug-likeness (QED) is 0.384. The molecule has 0 aliphatic carbocycles. The van der Waals surface area contributed by atoms with Crippen LogP contribution in [-0.2, 0) is 16.6 Å². The predicted octanol–water partition coefficient (Wildman–Crippen LogP) is 5.39. The van der Waals surface area contributed by atoms with Crippen molar-refractivity contribution in [1.29, 1.82) is 0 Å². The minimum absolute atomic E-state index is 0.0705. The summed E-state index contributed by atoms with van der Waals surface area (Å²) < 4.78 is 31.7. The predicted molar refractivity (Wildman–Crippen MR) is 138 cm³/mol. The largest absolute Gasteiger partial charge is 0.491 e. The molecule has 9 heteroatoms. The summed E-state index contributed by atoms with van der Waals surface area (Å²) in [7, 11) is -3.60. The van der Waals surface area contributed by atoms with Gasteiger partial charge in [0.1, 0.15) is 12.4 Å². The Hall–Kier alpha value is -2.74. The van der Waals surface area contributed by atoms with Crippen molar-refractivity contribution >= 4 is 44.8 Å². The number of anilines is 1. The van der Waals surface area contributed by atoms with Gasteiger partial charge in [-0.3, -0.25) is 9.10 Å². The van der Waals surface area contributed by atoms with Crippen LogP contribution in [0.4, 0.5) is 5.69 Å². The monoisotopic (exact) mass is 520 g/mol. The van der Waals surface area contributed by atoms with Crippen molar-refractivity contribution in [2.45, 2.75) is 20.4 Å². The van der Waals surface area contributed by atoms with Crippen LogP contribution in [0.15, 0.2) is 60.7 Å². The van der Waals surface area contributed by atoms with E-state index in [1.807, 2.05) is 32.0 Å². The number of halogens is 2. The second-order valence-electron chi connectivity index (χ2n) is 7.90. The lowest BCUT2D eigenvalue weighted by Gasteiger charge is -2.23.